The molecule has 2 unspecified atom stereocenters. The van der Waals surface area contributed by atoms with Crippen LogP contribution in [0.3, 0.4) is 0 Å². The van der Waals surface area contributed by atoms with Gasteiger partial charge in [0, 0.05) is 25.7 Å². The van der Waals surface area contributed by atoms with Crippen LogP contribution in [0.15, 0.2) is 0 Å². The summed E-state index contributed by atoms with van der Waals surface area (Å²) >= 11 is 0. The molecule has 0 aromatic heterocycles. The molecule has 588 valence electrons. The van der Waals surface area contributed by atoms with E-state index in [-0.39, 0.29) is 25.7 Å². The van der Waals surface area contributed by atoms with Crippen molar-refractivity contribution in [2.24, 2.45) is 5.92 Å². The van der Waals surface area contributed by atoms with E-state index in [1.807, 2.05) is 0 Å². The van der Waals surface area contributed by atoms with E-state index in [2.05, 4.69) is 34.6 Å². The summed E-state index contributed by atoms with van der Waals surface area (Å²) in [7, 11) is -9.91. The lowest BCUT2D eigenvalue weighted by atomic mass is 10.0. The Bertz CT molecular complexity index is 1890. The number of hydrogen-bond acceptors (Lipinski definition) is 15. The highest BCUT2D eigenvalue weighted by atomic mass is 31.2. The maximum absolute atomic E-state index is 13.1. The minimum absolute atomic E-state index is 0.107. The smallest absolute Gasteiger partial charge is 0.462 e. The predicted molar refractivity (Wildman–Crippen MR) is 405 cm³/mol. The van der Waals surface area contributed by atoms with Gasteiger partial charge >= 0.3 is 39.5 Å². The van der Waals surface area contributed by atoms with E-state index >= 15 is 0 Å². The molecule has 0 heterocycles. The molecular formula is C80H156O17P2. The molecular weight excluding hydrogens is 1290 g/mol. The molecule has 0 radical (unpaired) electrons. The third-order valence-corrected chi connectivity index (χ3v) is 20.7. The number of unbranched alkanes of at least 4 members (excludes halogenated alkanes) is 52. The van der Waals surface area contributed by atoms with Crippen LogP contribution < -0.4 is 0 Å². The van der Waals surface area contributed by atoms with Gasteiger partial charge in [-0.2, -0.15) is 0 Å². The number of aliphatic hydroxyl groups excluding tert-OH is 1. The summed E-state index contributed by atoms with van der Waals surface area (Å²) < 4.78 is 68.4. The Kier molecular flexibility index (Phi) is 71.6. The van der Waals surface area contributed by atoms with Gasteiger partial charge in [-0.05, 0) is 31.6 Å². The average Bonchev–Trinajstić information content (AvgIpc) is 0.997. The fourth-order valence-electron chi connectivity index (χ4n) is 12.4. The summed E-state index contributed by atoms with van der Waals surface area (Å²) in [4.78, 5) is 72.7. The molecule has 0 aliphatic rings. The molecule has 3 N–H and O–H groups in total. The van der Waals surface area contributed by atoms with Crippen molar-refractivity contribution in [2.75, 3.05) is 39.6 Å². The van der Waals surface area contributed by atoms with E-state index in [1.165, 1.54) is 244 Å². The fraction of sp³-hybridized carbons (Fsp3) is 0.950. The molecule has 19 heteroatoms. The van der Waals surface area contributed by atoms with Gasteiger partial charge in [0.25, 0.3) is 0 Å². The second-order valence-electron chi connectivity index (χ2n) is 29.3. The second-order valence-corrected chi connectivity index (χ2v) is 32.2. The molecule has 0 aliphatic heterocycles. The lowest BCUT2D eigenvalue weighted by Crippen LogP contribution is -2.30. The maximum Gasteiger partial charge on any atom is 0.472 e. The topological polar surface area (TPSA) is 237 Å². The van der Waals surface area contributed by atoms with Crippen LogP contribution >= 0.6 is 15.6 Å². The number of esters is 4. The first-order valence-electron chi connectivity index (χ1n) is 41.6. The van der Waals surface area contributed by atoms with Gasteiger partial charge in [-0.15, -0.1) is 0 Å². The summed E-state index contributed by atoms with van der Waals surface area (Å²) in [5.41, 5.74) is 0. The molecule has 0 saturated heterocycles. The third kappa shape index (κ3) is 74.1. The maximum atomic E-state index is 13.1. The average molecular weight is 1450 g/mol. The summed E-state index contributed by atoms with van der Waals surface area (Å²) in [6.07, 6.45) is 64.3. The Balaban J connectivity index is 5.11. The van der Waals surface area contributed by atoms with Crippen molar-refractivity contribution in [3.8, 4) is 0 Å². The Hall–Kier alpha value is -1.94. The first kappa shape index (κ1) is 97.1. The highest BCUT2D eigenvalue weighted by molar-refractivity contribution is 7.47. The Morgan fingerprint density at radius 3 is 0.687 bits per heavy atom. The van der Waals surface area contributed by atoms with Gasteiger partial charge in [-0.25, -0.2) is 9.13 Å². The highest BCUT2D eigenvalue weighted by Gasteiger charge is 2.30. The highest BCUT2D eigenvalue weighted by Crippen LogP contribution is 2.45. The van der Waals surface area contributed by atoms with Crippen molar-refractivity contribution in [3.63, 3.8) is 0 Å². The number of rotatable bonds is 80. The van der Waals surface area contributed by atoms with Crippen LogP contribution in [0.5, 0.6) is 0 Å². The number of phosphoric acid groups is 2. The molecule has 0 bridgehead atoms. The quantitative estimate of drug-likeness (QED) is 0.0222. The van der Waals surface area contributed by atoms with Crippen LogP contribution in [0.4, 0.5) is 0 Å². The fourth-order valence-corrected chi connectivity index (χ4v) is 14.0. The van der Waals surface area contributed by atoms with E-state index in [9.17, 15) is 43.2 Å². The predicted octanol–water partition coefficient (Wildman–Crippen LogP) is 24.0. The van der Waals surface area contributed by atoms with Crippen molar-refractivity contribution < 1.29 is 80.2 Å². The van der Waals surface area contributed by atoms with Crippen molar-refractivity contribution in [1.82, 2.24) is 0 Å². The van der Waals surface area contributed by atoms with Gasteiger partial charge in [0.1, 0.15) is 19.3 Å². The Morgan fingerprint density at radius 2 is 0.465 bits per heavy atom. The van der Waals surface area contributed by atoms with Crippen LogP contribution in [0.1, 0.15) is 426 Å². The molecule has 0 aliphatic carbocycles. The van der Waals surface area contributed by atoms with Gasteiger partial charge in [0.15, 0.2) is 12.2 Å². The van der Waals surface area contributed by atoms with Crippen molar-refractivity contribution in [2.45, 2.75) is 445 Å². The lowest BCUT2D eigenvalue weighted by molar-refractivity contribution is -0.161. The normalized spacial score (nSPS) is 13.9. The number of hydrogen-bond donors (Lipinski definition) is 3. The van der Waals surface area contributed by atoms with Crippen molar-refractivity contribution in [3.05, 3.63) is 0 Å². The molecule has 17 nitrogen and oxygen atoms in total. The van der Waals surface area contributed by atoms with Crippen molar-refractivity contribution in [1.29, 1.82) is 0 Å². The third-order valence-electron chi connectivity index (χ3n) is 18.8. The molecule has 0 aromatic carbocycles. The van der Waals surface area contributed by atoms with Crippen LogP contribution in [0.2, 0.25) is 0 Å². The van der Waals surface area contributed by atoms with Gasteiger partial charge in [-0.1, -0.05) is 375 Å². The standard InChI is InChI=1S/C80H156O17P2/c1-6-9-12-15-17-19-21-23-25-26-27-31-34-38-41-45-49-54-59-64-78(83)91-70-76(97-80(85)66-61-56-51-47-43-39-35-32-29-28-30-33-36-40-44-48-53-57-62-73(4)5)72-95-99(88,89)93-68-74(81)67-92-98(86,87)94-71-75(69-90-77(82)63-58-52-14-11-8-3)96-79(84)65-60-55-50-46-42-37-24-22-20-18-16-13-10-7-2/h73-76,81H,6-72H2,1-5H3,(H,86,87)(H,88,89)/t74-,75+,76+/m0/s1. The number of aliphatic hydroxyl groups is 1. The molecule has 0 fully saturated rings. The van der Waals surface area contributed by atoms with E-state index in [1.54, 1.807) is 0 Å². The van der Waals surface area contributed by atoms with Gasteiger partial charge < -0.3 is 33.8 Å². The molecule has 0 aromatic rings. The summed E-state index contributed by atoms with van der Waals surface area (Å²) in [6.45, 7) is 7.27. The second kappa shape index (κ2) is 73.0. The molecule has 0 rings (SSSR count). The van der Waals surface area contributed by atoms with E-state index in [0.29, 0.717) is 25.7 Å². The molecule has 0 spiro atoms. The van der Waals surface area contributed by atoms with Crippen LogP contribution in [-0.2, 0) is 65.4 Å². The first-order valence-corrected chi connectivity index (χ1v) is 44.6. The summed E-state index contributed by atoms with van der Waals surface area (Å²) in [5.74, 6) is -1.30. The van der Waals surface area contributed by atoms with Crippen LogP contribution in [-0.4, -0.2) is 96.7 Å². The Labute approximate surface area is 607 Å². The zero-order valence-corrected chi connectivity index (χ0v) is 66.4. The number of phosphoric ester groups is 2. The van der Waals surface area contributed by atoms with Crippen LogP contribution in [0.25, 0.3) is 0 Å². The molecule has 0 amide bonds. The van der Waals surface area contributed by atoms with Crippen LogP contribution in [0, 0.1) is 5.92 Å². The largest absolute Gasteiger partial charge is 0.472 e. The zero-order chi connectivity index (χ0) is 72.7. The van der Waals surface area contributed by atoms with E-state index < -0.39 is 97.5 Å². The lowest BCUT2D eigenvalue weighted by Gasteiger charge is -2.21. The first-order chi connectivity index (χ1) is 48.0. The monoisotopic (exact) mass is 1450 g/mol. The van der Waals surface area contributed by atoms with E-state index in [0.717, 1.165) is 102 Å². The molecule has 5 atom stereocenters. The van der Waals surface area contributed by atoms with Gasteiger partial charge in [-0.3, -0.25) is 37.3 Å². The molecule has 0 saturated carbocycles. The minimum Gasteiger partial charge on any atom is -0.462 e. The zero-order valence-electron chi connectivity index (χ0n) is 64.6. The molecule has 99 heavy (non-hydrogen) atoms. The van der Waals surface area contributed by atoms with Gasteiger partial charge in [0.05, 0.1) is 26.4 Å². The Morgan fingerprint density at radius 1 is 0.273 bits per heavy atom. The van der Waals surface area contributed by atoms with Gasteiger partial charge in [0.2, 0.25) is 0 Å². The summed E-state index contributed by atoms with van der Waals surface area (Å²) in [6, 6.07) is 0. The summed E-state index contributed by atoms with van der Waals surface area (Å²) in [5, 5.41) is 10.6. The SMILES string of the molecule is CCCCCCCCCCCCCCCCCCCCCC(=O)OC[C@H](COP(=O)(O)OC[C@@H](O)COP(=O)(O)OC[C@@H](COC(=O)CCCCCCC)OC(=O)CCCCCCCCCCCCCCCC)OC(=O)CCCCCCCCCCCCCCCCCCCCC(C)C. The van der Waals surface area contributed by atoms with Crippen molar-refractivity contribution >= 4 is 39.5 Å². The minimum atomic E-state index is -4.96. The van der Waals surface area contributed by atoms with E-state index in [4.69, 9.17) is 37.0 Å². The number of ether oxygens (including phenoxy) is 4. The number of carbonyl (C=O) groups excluding carboxylic acids is 4. The number of carbonyl (C=O) groups is 4.